The summed E-state index contributed by atoms with van der Waals surface area (Å²) in [5.74, 6) is 0.839. The zero-order valence-electron chi connectivity index (χ0n) is 12.5. The fraction of sp³-hybridized carbons (Fsp3) is 0.800. The third kappa shape index (κ3) is 2.55. The molecule has 0 saturated heterocycles. The molecule has 1 fully saturated rings. The molecule has 102 valence electrons. The van der Waals surface area contributed by atoms with Crippen LogP contribution in [-0.2, 0) is 0 Å². The summed E-state index contributed by atoms with van der Waals surface area (Å²) in [7, 11) is 0. The molecule has 0 bridgehead atoms. The number of aromatic nitrogens is 2. The summed E-state index contributed by atoms with van der Waals surface area (Å²) in [6, 6.07) is 0.996. The number of nitrogens with one attached hydrogen (secondary N) is 1. The van der Waals surface area contributed by atoms with Crippen molar-refractivity contribution in [2.24, 2.45) is 5.92 Å². The first-order valence-electron chi connectivity index (χ1n) is 7.33. The third-order valence-electron chi connectivity index (χ3n) is 4.29. The first-order chi connectivity index (χ1) is 8.50. The highest BCUT2D eigenvalue weighted by molar-refractivity contribution is 5.52. The molecule has 1 unspecified atom stereocenters. The predicted molar refractivity (Wildman–Crippen MR) is 77.1 cm³/mol. The van der Waals surface area contributed by atoms with Crippen LogP contribution >= 0.6 is 0 Å². The van der Waals surface area contributed by atoms with Gasteiger partial charge in [-0.1, -0.05) is 12.8 Å². The smallest absolute Gasteiger partial charge is 0.0828 e. The fourth-order valence-electron chi connectivity index (χ4n) is 3.18. The van der Waals surface area contributed by atoms with E-state index in [0.29, 0.717) is 12.1 Å². The molecule has 0 aromatic carbocycles. The number of rotatable bonds is 4. The summed E-state index contributed by atoms with van der Waals surface area (Å²) in [5.41, 5.74) is 3.65. The van der Waals surface area contributed by atoms with Crippen molar-refractivity contribution in [3.8, 4) is 0 Å². The van der Waals surface area contributed by atoms with Gasteiger partial charge in [0, 0.05) is 12.1 Å². The molecule has 18 heavy (non-hydrogen) atoms. The molecular weight excluding hydrogens is 222 g/mol. The molecule has 2 rings (SSSR count). The van der Waals surface area contributed by atoms with Crippen LogP contribution in [-0.4, -0.2) is 15.8 Å². The maximum atomic E-state index is 4.64. The number of hydrogen-bond acceptors (Lipinski definition) is 2. The number of anilines is 1. The summed E-state index contributed by atoms with van der Waals surface area (Å²) < 4.78 is 2.12. The standard InChI is InChI=1S/C15H27N3/c1-10(2)18-13(5)15(12(4)17-18)16-11(3)14-8-6-7-9-14/h10-11,14,16H,6-9H2,1-5H3. The van der Waals surface area contributed by atoms with Crippen LogP contribution in [0.4, 0.5) is 5.69 Å². The van der Waals surface area contributed by atoms with Gasteiger partial charge in [0.25, 0.3) is 0 Å². The van der Waals surface area contributed by atoms with Gasteiger partial charge >= 0.3 is 0 Å². The van der Waals surface area contributed by atoms with Crippen LogP contribution in [0.15, 0.2) is 0 Å². The number of aryl methyl sites for hydroxylation is 1. The second-order valence-electron chi connectivity index (χ2n) is 6.06. The van der Waals surface area contributed by atoms with Gasteiger partial charge in [-0.15, -0.1) is 0 Å². The average molecular weight is 249 g/mol. The van der Waals surface area contributed by atoms with Crippen molar-refractivity contribution in [1.82, 2.24) is 9.78 Å². The van der Waals surface area contributed by atoms with Crippen molar-refractivity contribution < 1.29 is 0 Å². The molecule has 1 aromatic rings. The van der Waals surface area contributed by atoms with E-state index in [-0.39, 0.29) is 0 Å². The molecule has 1 atom stereocenters. The summed E-state index contributed by atoms with van der Waals surface area (Å²) >= 11 is 0. The lowest BCUT2D eigenvalue weighted by molar-refractivity contribution is 0.481. The Morgan fingerprint density at radius 3 is 2.28 bits per heavy atom. The van der Waals surface area contributed by atoms with E-state index in [1.165, 1.54) is 37.1 Å². The number of hydrogen-bond donors (Lipinski definition) is 1. The summed E-state index contributed by atoms with van der Waals surface area (Å²) in [6.07, 6.45) is 5.56. The molecule has 0 radical (unpaired) electrons. The SMILES string of the molecule is Cc1nn(C(C)C)c(C)c1NC(C)C1CCCC1. The minimum Gasteiger partial charge on any atom is -0.379 e. The number of nitrogens with zero attached hydrogens (tertiary/aromatic N) is 2. The Morgan fingerprint density at radius 1 is 1.17 bits per heavy atom. The van der Waals surface area contributed by atoms with Gasteiger partial charge in [0.1, 0.15) is 0 Å². The maximum Gasteiger partial charge on any atom is 0.0828 e. The normalized spacial score (nSPS) is 18.6. The van der Waals surface area contributed by atoms with E-state index in [1.54, 1.807) is 0 Å². The summed E-state index contributed by atoms with van der Waals surface area (Å²) in [4.78, 5) is 0. The minimum atomic E-state index is 0.432. The molecule has 1 heterocycles. The van der Waals surface area contributed by atoms with Gasteiger partial charge in [-0.25, -0.2) is 0 Å². The zero-order chi connectivity index (χ0) is 13.3. The quantitative estimate of drug-likeness (QED) is 0.871. The van der Waals surface area contributed by atoms with E-state index < -0.39 is 0 Å². The Labute approximate surface area is 111 Å². The van der Waals surface area contributed by atoms with Crippen LogP contribution in [0.3, 0.4) is 0 Å². The van der Waals surface area contributed by atoms with Crippen molar-refractivity contribution in [2.45, 2.75) is 72.4 Å². The topological polar surface area (TPSA) is 29.9 Å². The molecule has 1 N–H and O–H groups in total. The Bertz CT molecular complexity index is 400. The van der Waals surface area contributed by atoms with E-state index in [0.717, 1.165) is 11.6 Å². The van der Waals surface area contributed by atoms with Crippen LogP contribution in [0.1, 0.15) is 63.9 Å². The van der Waals surface area contributed by atoms with E-state index in [1.807, 2.05) is 0 Å². The lowest BCUT2D eigenvalue weighted by Gasteiger charge is -2.22. The van der Waals surface area contributed by atoms with Crippen molar-refractivity contribution in [2.75, 3.05) is 5.32 Å². The Hall–Kier alpha value is -0.990. The van der Waals surface area contributed by atoms with Gasteiger partial charge in [0.15, 0.2) is 0 Å². The van der Waals surface area contributed by atoms with E-state index in [2.05, 4.69) is 49.7 Å². The third-order valence-corrected chi connectivity index (χ3v) is 4.29. The van der Waals surface area contributed by atoms with Crippen LogP contribution in [0, 0.1) is 19.8 Å². The van der Waals surface area contributed by atoms with Crippen molar-refractivity contribution >= 4 is 5.69 Å². The Kier molecular flexibility index (Phi) is 3.98. The fourth-order valence-corrected chi connectivity index (χ4v) is 3.18. The second kappa shape index (κ2) is 5.33. The first-order valence-corrected chi connectivity index (χ1v) is 7.33. The van der Waals surface area contributed by atoms with E-state index in [9.17, 15) is 0 Å². The molecule has 3 heteroatoms. The monoisotopic (exact) mass is 249 g/mol. The lowest BCUT2D eigenvalue weighted by Crippen LogP contribution is -2.24. The van der Waals surface area contributed by atoms with Gasteiger partial charge in [-0.3, -0.25) is 4.68 Å². The Morgan fingerprint density at radius 2 is 1.78 bits per heavy atom. The minimum absolute atomic E-state index is 0.432. The molecule has 3 nitrogen and oxygen atoms in total. The second-order valence-corrected chi connectivity index (χ2v) is 6.06. The lowest BCUT2D eigenvalue weighted by atomic mass is 9.99. The first kappa shape index (κ1) is 13.4. The predicted octanol–water partition coefficient (Wildman–Crippen LogP) is 4.07. The van der Waals surface area contributed by atoms with Gasteiger partial charge in [0.2, 0.25) is 0 Å². The summed E-state index contributed by atoms with van der Waals surface area (Å²) in [6.45, 7) is 11.0. The molecule has 0 aliphatic heterocycles. The zero-order valence-corrected chi connectivity index (χ0v) is 12.5. The van der Waals surface area contributed by atoms with Gasteiger partial charge in [-0.05, 0) is 53.4 Å². The van der Waals surface area contributed by atoms with Gasteiger partial charge in [-0.2, -0.15) is 5.10 Å². The highest BCUT2D eigenvalue weighted by Gasteiger charge is 2.23. The molecular formula is C15H27N3. The highest BCUT2D eigenvalue weighted by Crippen LogP contribution is 2.31. The molecule has 1 saturated carbocycles. The molecule has 1 aliphatic carbocycles. The van der Waals surface area contributed by atoms with Gasteiger partial charge in [0.05, 0.1) is 17.1 Å². The maximum absolute atomic E-state index is 4.64. The van der Waals surface area contributed by atoms with Crippen LogP contribution in [0.2, 0.25) is 0 Å². The van der Waals surface area contributed by atoms with Crippen LogP contribution < -0.4 is 5.32 Å². The van der Waals surface area contributed by atoms with Gasteiger partial charge < -0.3 is 5.32 Å². The highest BCUT2D eigenvalue weighted by atomic mass is 15.3. The largest absolute Gasteiger partial charge is 0.379 e. The van der Waals surface area contributed by atoms with Crippen molar-refractivity contribution in [3.05, 3.63) is 11.4 Å². The van der Waals surface area contributed by atoms with Crippen LogP contribution in [0.5, 0.6) is 0 Å². The van der Waals surface area contributed by atoms with Crippen LogP contribution in [0.25, 0.3) is 0 Å². The van der Waals surface area contributed by atoms with Crippen molar-refractivity contribution in [3.63, 3.8) is 0 Å². The molecule has 0 spiro atoms. The van der Waals surface area contributed by atoms with E-state index >= 15 is 0 Å². The van der Waals surface area contributed by atoms with Crippen molar-refractivity contribution in [1.29, 1.82) is 0 Å². The Balaban J connectivity index is 2.13. The molecule has 1 aliphatic rings. The van der Waals surface area contributed by atoms with E-state index in [4.69, 9.17) is 0 Å². The molecule has 1 aromatic heterocycles. The summed E-state index contributed by atoms with van der Waals surface area (Å²) in [5, 5.41) is 8.36. The average Bonchev–Trinajstić information content (AvgIpc) is 2.92. The molecule has 0 amide bonds.